The van der Waals surface area contributed by atoms with Gasteiger partial charge in [0.25, 0.3) is 0 Å². The quantitative estimate of drug-likeness (QED) is 0.885. The number of aromatic nitrogens is 1. The minimum atomic E-state index is -4.38. The molecular formula is C13H18F3N3. The molecule has 0 spiro atoms. The van der Waals surface area contributed by atoms with E-state index < -0.39 is 11.9 Å². The smallest absolute Gasteiger partial charge is 0.385 e. The summed E-state index contributed by atoms with van der Waals surface area (Å²) in [7, 11) is 0. The highest BCUT2D eigenvalue weighted by Gasteiger charge is 2.32. The monoisotopic (exact) mass is 273 g/mol. The second-order valence-electron chi connectivity index (χ2n) is 4.86. The Hall–Kier alpha value is -1.30. The Morgan fingerprint density at radius 3 is 2.95 bits per heavy atom. The fourth-order valence-electron chi connectivity index (χ4n) is 2.29. The maximum Gasteiger partial charge on any atom is 0.433 e. The van der Waals surface area contributed by atoms with E-state index in [1.165, 1.54) is 19.0 Å². The lowest BCUT2D eigenvalue weighted by molar-refractivity contribution is -0.141. The maximum atomic E-state index is 12.5. The molecule has 1 unspecified atom stereocenters. The van der Waals surface area contributed by atoms with Gasteiger partial charge >= 0.3 is 6.18 Å². The first-order valence-corrected chi connectivity index (χ1v) is 6.53. The normalized spacial score (nSPS) is 20.3. The molecule has 0 aromatic carbocycles. The zero-order chi connectivity index (χ0) is 13.7. The van der Waals surface area contributed by atoms with E-state index in [1.54, 1.807) is 6.07 Å². The molecule has 0 aliphatic carbocycles. The van der Waals surface area contributed by atoms with Crippen LogP contribution in [0.2, 0.25) is 0 Å². The zero-order valence-electron chi connectivity index (χ0n) is 10.6. The van der Waals surface area contributed by atoms with Gasteiger partial charge in [-0.3, -0.25) is 4.98 Å². The summed E-state index contributed by atoms with van der Waals surface area (Å²) in [5, 5.41) is 6.36. The third kappa shape index (κ3) is 4.38. The molecule has 2 N–H and O–H groups in total. The Balaban J connectivity index is 1.82. The first kappa shape index (κ1) is 14.1. The molecule has 0 amide bonds. The molecule has 1 atom stereocenters. The summed E-state index contributed by atoms with van der Waals surface area (Å²) in [4.78, 5) is 3.33. The van der Waals surface area contributed by atoms with E-state index in [1.807, 2.05) is 0 Å². The molecule has 106 valence electrons. The Bertz CT molecular complexity index is 400. The van der Waals surface area contributed by atoms with Gasteiger partial charge in [0.1, 0.15) is 5.69 Å². The highest BCUT2D eigenvalue weighted by atomic mass is 19.4. The number of halogens is 3. The van der Waals surface area contributed by atoms with Crippen LogP contribution in [0.5, 0.6) is 0 Å². The van der Waals surface area contributed by atoms with E-state index in [-0.39, 0.29) is 0 Å². The molecule has 19 heavy (non-hydrogen) atoms. The molecule has 1 aliphatic heterocycles. The Labute approximate surface area is 110 Å². The van der Waals surface area contributed by atoms with Gasteiger partial charge in [0, 0.05) is 18.4 Å². The fourth-order valence-corrected chi connectivity index (χ4v) is 2.29. The molecule has 2 rings (SSSR count). The van der Waals surface area contributed by atoms with Crippen molar-refractivity contribution in [2.24, 2.45) is 5.92 Å². The molecule has 1 fully saturated rings. The van der Waals surface area contributed by atoms with Gasteiger partial charge in [-0.1, -0.05) is 0 Å². The molecule has 0 saturated carbocycles. The molecular weight excluding hydrogens is 255 g/mol. The number of rotatable bonds is 4. The summed E-state index contributed by atoms with van der Waals surface area (Å²) < 4.78 is 37.4. The first-order valence-electron chi connectivity index (χ1n) is 6.53. The predicted octanol–water partition coefficient (Wildman–Crippen LogP) is 2.90. The van der Waals surface area contributed by atoms with Gasteiger partial charge in [-0.25, -0.2) is 0 Å². The van der Waals surface area contributed by atoms with Crippen molar-refractivity contribution in [3.63, 3.8) is 0 Å². The number of hydrogen-bond acceptors (Lipinski definition) is 3. The summed E-state index contributed by atoms with van der Waals surface area (Å²) in [6.45, 7) is 2.77. The van der Waals surface area contributed by atoms with Gasteiger partial charge < -0.3 is 10.6 Å². The molecule has 0 radical (unpaired) electrons. The van der Waals surface area contributed by atoms with Crippen LogP contribution in [-0.2, 0) is 6.18 Å². The number of pyridine rings is 1. The summed E-state index contributed by atoms with van der Waals surface area (Å²) in [6.07, 6.45) is 0.145. The maximum absolute atomic E-state index is 12.5. The zero-order valence-corrected chi connectivity index (χ0v) is 10.6. The molecule has 1 saturated heterocycles. The van der Waals surface area contributed by atoms with E-state index in [2.05, 4.69) is 15.6 Å². The fraction of sp³-hybridized carbons (Fsp3) is 0.615. The number of anilines is 1. The average Bonchev–Trinajstić information content (AvgIpc) is 2.39. The van der Waals surface area contributed by atoms with Gasteiger partial charge in [-0.15, -0.1) is 0 Å². The summed E-state index contributed by atoms with van der Waals surface area (Å²) >= 11 is 0. The lowest BCUT2D eigenvalue weighted by atomic mass is 9.96. The van der Waals surface area contributed by atoms with Gasteiger partial charge in [-0.05, 0) is 50.4 Å². The second kappa shape index (κ2) is 6.23. The van der Waals surface area contributed by atoms with E-state index in [4.69, 9.17) is 0 Å². The van der Waals surface area contributed by atoms with Crippen LogP contribution < -0.4 is 10.6 Å². The van der Waals surface area contributed by atoms with Crippen LogP contribution in [0.1, 0.15) is 25.0 Å². The standard InChI is InChI=1S/C13H18F3N3/c14-13(15,16)12-8-11(4-7-19-12)18-6-3-10-2-1-5-17-9-10/h4,7-8,10,17H,1-3,5-6,9H2,(H,18,19). The predicted molar refractivity (Wildman–Crippen MR) is 67.9 cm³/mol. The van der Waals surface area contributed by atoms with Crippen molar-refractivity contribution in [1.29, 1.82) is 0 Å². The highest BCUT2D eigenvalue weighted by molar-refractivity contribution is 5.43. The SMILES string of the molecule is FC(F)(F)c1cc(NCCC2CCCNC2)ccn1. The van der Waals surface area contributed by atoms with Crippen molar-refractivity contribution < 1.29 is 13.2 Å². The largest absolute Gasteiger partial charge is 0.433 e. The number of alkyl halides is 3. The Morgan fingerprint density at radius 2 is 2.26 bits per heavy atom. The van der Waals surface area contributed by atoms with E-state index in [9.17, 15) is 13.2 Å². The average molecular weight is 273 g/mol. The van der Waals surface area contributed by atoms with Gasteiger partial charge in [-0.2, -0.15) is 13.2 Å². The van der Waals surface area contributed by atoms with E-state index >= 15 is 0 Å². The first-order chi connectivity index (χ1) is 9.05. The number of nitrogens with one attached hydrogen (secondary N) is 2. The summed E-state index contributed by atoms with van der Waals surface area (Å²) in [5.41, 5.74) is -0.372. The van der Waals surface area contributed by atoms with Crippen molar-refractivity contribution in [2.75, 3.05) is 25.0 Å². The molecule has 1 aromatic rings. The van der Waals surface area contributed by atoms with Gasteiger partial charge in [0.2, 0.25) is 0 Å². The van der Waals surface area contributed by atoms with E-state index in [0.29, 0.717) is 18.2 Å². The highest BCUT2D eigenvalue weighted by Crippen LogP contribution is 2.28. The van der Waals surface area contributed by atoms with Crippen LogP contribution in [0.3, 0.4) is 0 Å². The molecule has 1 aliphatic rings. The van der Waals surface area contributed by atoms with Crippen LogP contribution >= 0.6 is 0 Å². The molecule has 6 heteroatoms. The van der Waals surface area contributed by atoms with Crippen LogP contribution in [0.15, 0.2) is 18.3 Å². The lowest BCUT2D eigenvalue weighted by Crippen LogP contribution is -2.30. The molecule has 0 bridgehead atoms. The second-order valence-corrected chi connectivity index (χ2v) is 4.86. The summed E-state index contributed by atoms with van der Waals surface area (Å²) in [5.74, 6) is 0.616. The van der Waals surface area contributed by atoms with Crippen molar-refractivity contribution in [1.82, 2.24) is 10.3 Å². The number of piperidine rings is 1. The Morgan fingerprint density at radius 1 is 1.42 bits per heavy atom. The van der Waals surface area contributed by atoms with E-state index in [0.717, 1.165) is 25.6 Å². The minimum Gasteiger partial charge on any atom is -0.385 e. The van der Waals surface area contributed by atoms with Gasteiger partial charge in [0.15, 0.2) is 0 Å². The molecule has 3 nitrogen and oxygen atoms in total. The number of nitrogens with zero attached hydrogens (tertiary/aromatic N) is 1. The van der Waals surface area contributed by atoms with Crippen LogP contribution in [-0.4, -0.2) is 24.6 Å². The molecule has 2 heterocycles. The van der Waals surface area contributed by atoms with Crippen molar-refractivity contribution in [2.45, 2.75) is 25.4 Å². The minimum absolute atomic E-state index is 0.478. The van der Waals surface area contributed by atoms with Crippen molar-refractivity contribution >= 4 is 5.69 Å². The van der Waals surface area contributed by atoms with Crippen LogP contribution in [0, 0.1) is 5.92 Å². The van der Waals surface area contributed by atoms with Crippen molar-refractivity contribution in [3.8, 4) is 0 Å². The topological polar surface area (TPSA) is 37.0 Å². The third-order valence-electron chi connectivity index (χ3n) is 3.33. The third-order valence-corrected chi connectivity index (χ3v) is 3.33. The van der Waals surface area contributed by atoms with Crippen LogP contribution in [0.25, 0.3) is 0 Å². The summed E-state index contributed by atoms with van der Waals surface area (Å²) in [6, 6.07) is 2.62. The molecule has 1 aromatic heterocycles. The number of hydrogen-bond donors (Lipinski definition) is 2. The Kier molecular flexibility index (Phi) is 4.63. The van der Waals surface area contributed by atoms with Crippen molar-refractivity contribution in [3.05, 3.63) is 24.0 Å². The van der Waals surface area contributed by atoms with Gasteiger partial charge in [0.05, 0.1) is 0 Å². The lowest BCUT2D eigenvalue weighted by Gasteiger charge is -2.22. The van der Waals surface area contributed by atoms with Crippen LogP contribution in [0.4, 0.5) is 18.9 Å².